The molecule has 1 aliphatic rings. The molecule has 1 aliphatic heterocycles. The normalized spacial score (nSPS) is 13.0. The lowest BCUT2D eigenvalue weighted by Crippen LogP contribution is -2.22. The largest absolute Gasteiger partial charge is 0.505 e. The summed E-state index contributed by atoms with van der Waals surface area (Å²) >= 11 is 0. The van der Waals surface area contributed by atoms with Crippen LogP contribution in [0.2, 0.25) is 0 Å². The second kappa shape index (κ2) is 6.45. The van der Waals surface area contributed by atoms with Crippen LogP contribution in [0.3, 0.4) is 0 Å². The Morgan fingerprint density at radius 2 is 1.62 bits per heavy atom. The van der Waals surface area contributed by atoms with Crippen LogP contribution in [-0.4, -0.2) is 5.11 Å². The third-order valence-corrected chi connectivity index (χ3v) is 5.33. The molecule has 148 valence electrons. The highest BCUT2D eigenvalue weighted by molar-refractivity contribution is 5.87. The number of aromatic hydroxyl groups is 1. The first-order valence-electron chi connectivity index (χ1n) is 9.41. The van der Waals surface area contributed by atoms with Crippen LogP contribution in [-0.2, 0) is 5.41 Å². The second-order valence-electron chi connectivity index (χ2n) is 8.50. The number of ether oxygens (including phenoxy) is 1. The fourth-order valence-electron chi connectivity index (χ4n) is 3.61. The maximum absolute atomic E-state index is 14.4. The Bertz CT molecular complexity index is 1270. The smallest absolute Gasteiger partial charge is 0.165 e. The predicted molar refractivity (Wildman–Crippen MR) is 111 cm³/mol. The molecule has 0 aliphatic carbocycles. The molecule has 1 N–H and O–H groups in total. The van der Waals surface area contributed by atoms with Crippen LogP contribution in [0.5, 0.6) is 17.2 Å². The van der Waals surface area contributed by atoms with Crippen LogP contribution in [0.4, 0.5) is 8.78 Å². The number of hydrogen-bond acceptors (Lipinski definition) is 2. The van der Waals surface area contributed by atoms with Crippen molar-refractivity contribution in [3.05, 3.63) is 86.8 Å². The fraction of sp³-hybridized carbons (Fsp3) is 0.200. The van der Waals surface area contributed by atoms with Gasteiger partial charge in [0.2, 0.25) is 0 Å². The second-order valence-corrected chi connectivity index (χ2v) is 8.50. The van der Waals surface area contributed by atoms with Gasteiger partial charge in [-0.2, -0.15) is 0 Å². The van der Waals surface area contributed by atoms with Gasteiger partial charge in [0.1, 0.15) is 17.3 Å². The first-order chi connectivity index (χ1) is 13.6. The lowest BCUT2D eigenvalue weighted by molar-refractivity contribution is 0.418. The van der Waals surface area contributed by atoms with Crippen LogP contribution >= 0.6 is 0 Å². The summed E-state index contributed by atoms with van der Waals surface area (Å²) in [5, 5.41) is 10.6. The van der Waals surface area contributed by atoms with Gasteiger partial charge in [0.25, 0.3) is 0 Å². The molecule has 3 aromatic carbocycles. The van der Waals surface area contributed by atoms with E-state index in [9.17, 15) is 13.9 Å². The van der Waals surface area contributed by atoms with Crippen molar-refractivity contribution < 1.29 is 18.6 Å². The molecule has 0 saturated heterocycles. The molecule has 0 unspecified atom stereocenters. The monoisotopic (exact) mass is 392 g/mol. The molecular weight excluding hydrogens is 370 g/mol. The first kappa shape index (κ1) is 19.2. The summed E-state index contributed by atoms with van der Waals surface area (Å²) in [5.74, 6) is -0.975. The zero-order valence-corrected chi connectivity index (χ0v) is 16.9. The quantitative estimate of drug-likeness (QED) is 0.492. The number of hydrogen-bond donors (Lipinski definition) is 1. The van der Waals surface area contributed by atoms with Gasteiger partial charge < -0.3 is 9.84 Å². The average molecular weight is 392 g/mol. The van der Waals surface area contributed by atoms with Gasteiger partial charge in [-0.05, 0) is 47.2 Å². The van der Waals surface area contributed by atoms with Gasteiger partial charge in [0.05, 0.1) is 0 Å². The summed E-state index contributed by atoms with van der Waals surface area (Å²) in [6.45, 7) is 12.0. The van der Waals surface area contributed by atoms with Crippen molar-refractivity contribution in [1.82, 2.24) is 0 Å². The van der Waals surface area contributed by atoms with Crippen LogP contribution in [0.1, 0.15) is 43.0 Å². The van der Waals surface area contributed by atoms with Crippen molar-refractivity contribution in [2.24, 2.45) is 0 Å². The summed E-state index contributed by atoms with van der Waals surface area (Å²) in [7, 11) is 0. The molecule has 4 rings (SSSR count). The van der Waals surface area contributed by atoms with Crippen molar-refractivity contribution in [2.45, 2.75) is 33.1 Å². The molecule has 3 aromatic rings. The Kier molecular flexibility index (Phi) is 4.26. The van der Waals surface area contributed by atoms with E-state index >= 15 is 0 Å². The summed E-state index contributed by atoms with van der Waals surface area (Å²) in [4.78, 5) is 0. The zero-order valence-electron chi connectivity index (χ0n) is 16.9. The molecule has 1 heterocycles. The Balaban J connectivity index is 2.17. The van der Waals surface area contributed by atoms with E-state index in [2.05, 4.69) is 39.5 Å². The number of fused-ring (bicyclic) bond motifs is 2. The Morgan fingerprint density at radius 3 is 2.31 bits per heavy atom. The lowest BCUT2D eigenvalue weighted by Gasteiger charge is -2.25. The number of aryl methyl sites for hydroxylation is 1. The van der Waals surface area contributed by atoms with Crippen LogP contribution in [0, 0.1) is 18.6 Å². The zero-order chi connectivity index (χ0) is 21.1. The first-order valence-corrected chi connectivity index (χ1v) is 9.41. The van der Waals surface area contributed by atoms with Crippen molar-refractivity contribution in [2.75, 3.05) is 0 Å². The molecule has 0 saturated carbocycles. The van der Waals surface area contributed by atoms with Crippen molar-refractivity contribution in [3.8, 4) is 17.2 Å². The molecule has 0 spiro atoms. The summed E-state index contributed by atoms with van der Waals surface area (Å²) in [6.07, 6.45) is 0. The van der Waals surface area contributed by atoms with E-state index in [4.69, 9.17) is 4.74 Å². The molecule has 29 heavy (non-hydrogen) atoms. The van der Waals surface area contributed by atoms with E-state index in [-0.39, 0.29) is 10.6 Å². The Labute approximate surface area is 168 Å². The van der Waals surface area contributed by atoms with Gasteiger partial charge >= 0.3 is 0 Å². The standard InChI is InChI=1S/C25H22F2O2/c1-13-6-7-15(25(3,4)5)9-16(13)24-17-10-19(26)14(2)8-22(17)29-23-12-21(28)20(27)11-18(23)24/h6-12,28H,2H2,1,3-5H3. The lowest BCUT2D eigenvalue weighted by atomic mass is 9.82. The molecule has 0 amide bonds. The number of rotatable bonds is 1. The minimum absolute atomic E-state index is 0.0948. The molecule has 2 nitrogen and oxygen atoms in total. The van der Waals surface area contributed by atoms with Gasteiger partial charge in [0.15, 0.2) is 11.6 Å². The highest BCUT2D eigenvalue weighted by Gasteiger charge is 2.25. The molecule has 0 fully saturated rings. The van der Waals surface area contributed by atoms with Crippen LogP contribution in [0.15, 0.2) is 42.5 Å². The Hall–Kier alpha value is -3.14. The van der Waals surface area contributed by atoms with Crippen molar-refractivity contribution in [3.63, 3.8) is 0 Å². The molecule has 0 aromatic heterocycles. The van der Waals surface area contributed by atoms with Crippen LogP contribution < -0.4 is 15.2 Å². The molecular formula is C25H22F2O2. The van der Waals surface area contributed by atoms with Gasteiger partial charge in [-0.1, -0.05) is 45.5 Å². The van der Waals surface area contributed by atoms with Gasteiger partial charge in [-0.15, -0.1) is 0 Å². The van der Waals surface area contributed by atoms with E-state index in [0.717, 1.165) is 16.7 Å². The van der Waals surface area contributed by atoms with Gasteiger partial charge in [-0.3, -0.25) is 0 Å². The summed E-state index contributed by atoms with van der Waals surface area (Å²) in [5.41, 5.74) is 3.99. The minimum Gasteiger partial charge on any atom is -0.505 e. The third kappa shape index (κ3) is 3.19. The fourth-order valence-corrected chi connectivity index (χ4v) is 3.61. The van der Waals surface area contributed by atoms with E-state index in [1.165, 1.54) is 24.3 Å². The third-order valence-electron chi connectivity index (χ3n) is 5.33. The van der Waals surface area contributed by atoms with E-state index in [0.29, 0.717) is 27.9 Å². The predicted octanol–water partition coefficient (Wildman–Crippen LogP) is 5.04. The van der Waals surface area contributed by atoms with Gasteiger partial charge in [0, 0.05) is 27.6 Å². The Morgan fingerprint density at radius 1 is 0.897 bits per heavy atom. The molecule has 0 atom stereocenters. The number of halogens is 2. The van der Waals surface area contributed by atoms with E-state index in [1.54, 1.807) is 0 Å². The van der Waals surface area contributed by atoms with Crippen LogP contribution in [0.25, 0.3) is 12.2 Å². The topological polar surface area (TPSA) is 29.5 Å². The highest BCUT2D eigenvalue weighted by Crippen LogP contribution is 2.40. The molecule has 0 bridgehead atoms. The number of phenols is 1. The average Bonchev–Trinajstić information content (AvgIpc) is 2.63. The molecule has 0 radical (unpaired) electrons. The minimum atomic E-state index is -0.757. The van der Waals surface area contributed by atoms with Gasteiger partial charge in [-0.25, -0.2) is 8.78 Å². The van der Waals surface area contributed by atoms with Crippen molar-refractivity contribution in [1.29, 1.82) is 0 Å². The number of phenolic OH excluding ortho intramolecular Hbond substituents is 1. The maximum atomic E-state index is 14.4. The molecule has 4 heteroatoms. The summed E-state index contributed by atoms with van der Waals surface area (Å²) < 4.78 is 34.6. The SMILES string of the molecule is C=c1cc2c(cc1F)=C(c1cc(C(C)(C)C)ccc1C)c1cc(F)c(O)cc1O2. The highest BCUT2D eigenvalue weighted by atomic mass is 19.1. The number of benzene rings is 3. The van der Waals surface area contributed by atoms with Crippen molar-refractivity contribution >= 4 is 12.2 Å². The maximum Gasteiger partial charge on any atom is 0.165 e. The van der Waals surface area contributed by atoms with E-state index < -0.39 is 17.4 Å². The summed E-state index contributed by atoms with van der Waals surface area (Å²) in [6, 6.07) is 11.5. The van der Waals surface area contributed by atoms with E-state index in [1.807, 2.05) is 13.0 Å².